The molecule has 2 aromatic carbocycles. The maximum absolute atomic E-state index is 12.4. The van der Waals surface area contributed by atoms with Gasteiger partial charge in [0.25, 0.3) is 5.91 Å². The summed E-state index contributed by atoms with van der Waals surface area (Å²) in [6.45, 7) is 1.06. The van der Waals surface area contributed by atoms with Gasteiger partial charge in [-0.15, -0.1) is 0 Å². The standard InChI is InChI=1S/C18H13Cl2N3O2/c19-13-5-3-4-11(8-13)16-21-17(25-22-16)12-9-23(10-12)18(24)14-6-1-2-7-15(14)20/h1-8,12H,9-10H2. The first-order chi connectivity index (χ1) is 12.1. The van der Waals surface area contributed by atoms with Crippen molar-refractivity contribution in [1.29, 1.82) is 0 Å². The smallest absolute Gasteiger partial charge is 0.255 e. The van der Waals surface area contributed by atoms with Crippen LogP contribution >= 0.6 is 23.2 Å². The second-order valence-electron chi connectivity index (χ2n) is 5.85. The van der Waals surface area contributed by atoms with Crippen molar-refractivity contribution in [3.8, 4) is 11.4 Å². The van der Waals surface area contributed by atoms with E-state index in [9.17, 15) is 4.79 Å². The number of amides is 1. The van der Waals surface area contributed by atoms with Gasteiger partial charge in [-0.05, 0) is 24.3 Å². The summed E-state index contributed by atoms with van der Waals surface area (Å²) in [6, 6.07) is 14.3. The molecule has 1 amide bonds. The van der Waals surface area contributed by atoms with Gasteiger partial charge in [-0.25, -0.2) is 0 Å². The highest BCUT2D eigenvalue weighted by Crippen LogP contribution is 2.30. The lowest BCUT2D eigenvalue weighted by Crippen LogP contribution is -2.48. The Morgan fingerprint density at radius 3 is 2.68 bits per heavy atom. The summed E-state index contributed by atoms with van der Waals surface area (Å²) in [4.78, 5) is 18.6. The normalized spacial score (nSPS) is 14.4. The van der Waals surface area contributed by atoms with Gasteiger partial charge in [-0.3, -0.25) is 4.79 Å². The fourth-order valence-electron chi connectivity index (χ4n) is 2.75. The van der Waals surface area contributed by atoms with E-state index in [1.807, 2.05) is 12.1 Å². The Morgan fingerprint density at radius 1 is 1.12 bits per heavy atom. The van der Waals surface area contributed by atoms with Crippen molar-refractivity contribution < 1.29 is 9.32 Å². The fourth-order valence-corrected chi connectivity index (χ4v) is 3.16. The molecule has 0 atom stereocenters. The molecule has 0 unspecified atom stereocenters. The van der Waals surface area contributed by atoms with Crippen molar-refractivity contribution >= 4 is 29.1 Å². The van der Waals surface area contributed by atoms with Crippen LogP contribution in [0.5, 0.6) is 0 Å². The Kier molecular flexibility index (Phi) is 4.19. The quantitative estimate of drug-likeness (QED) is 0.687. The zero-order chi connectivity index (χ0) is 17.4. The molecular formula is C18H13Cl2N3O2. The molecule has 7 heteroatoms. The molecule has 2 heterocycles. The lowest BCUT2D eigenvalue weighted by atomic mass is 9.98. The van der Waals surface area contributed by atoms with E-state index in [-0.39, 0.29) is 11.8 Å². The van der Waals surface area contributed by atoms with Crippen LogP contribution in [0, 0.1) is 0 Å². The third-order valence-electron chi connectivity index (χ3n) is 4.15. The number of nitrogens with zero attached hydrogens (tertiary/aromatic N) is 3. The van der Waals surface area contributed by atoms with E-state index < -0.39 is 0 Å². The number of carbonyl (C=O) groups is 1. The van der Waals surface area contributed by atoms with Gasteiger partial charge in [0.2, 0.25) is 11.7 Å². The van der Waals surface area contributed by atoms with Crippen molar-refractivity contribution in [1.82, 2.24) is 15.0 Å². The maximum Gasteiger partial charge on any atom is 0.255 e. The minimum Gasteiger partial charge on any atom is -0.339 e. The van der Waals surface area contributed by atoms with E-state index in [4.69, 9.17) is 27.7 Å². The average Bonchev–Trinajstić information content (AvgIpc) is 3.03. The number of hydrogen-bond acceptors (Lipinski definition) is 4. The van der Waals surface area contributed by atoms with E-state index >= 15 is 0 Å². The molecule has 5 nitrogen and oxygen atoms in total. The molecule has 0 N–H and O–H groups in total. The first-order valence-corrected chi connectivity index (χ1v) is 8.51. The third-order valence-corrected chi connectivity index (χ3v) is 4.71. The molecule has 1 aliphatic heterocycles. The predicted octanol–water partition coefficient (Wildman–Crippen LogP) is 4.28. The number of halogens is 2. The van der Waals surface area contributed by atoms with Gasteiger partial charge in [0.05, 0.1) is 16.5 Å². The van der Waals surface area contributed by atoms with Crippen molar-refractivity contribution in [2.24, 2.45) is 0 Å². The van der Waals surface area contributed by atoms with Crippen LogP contribution in [0.25, 0.3) is 11.4 Å². The van der Waals surface area contributed by atoms with Crippen molar-refractivity contribution in [3.05, 3.63) is 70.0 Å². The fraction of sp³-hybridized carbons (Fsp3) is 0.167. The molecule has 0 bridgehead atoms. The van der Waals surface area contributed by atoms with E-state index in [1.54, 1.807) is 41.3 Å². The zero-order valence-corrected chi connectivity index (χ0v) is 14.5. The second kappa shape index (κ2) is 6.50. The van der Waals surface area contributed by atoms with Crippen molar-refractivity contribution in [2.45, 2.75) is 5.92 Å². The molecule has 126 valence electrons. The molecule has 1 saturated heterocycles. The number of likely N-dealkylation sites (tertiary alicyclic amines) is 1. The van der Waals surface area contributed by atoms with Crippen LogP contribution in [0.15, 0.2) is 53.1 Å². The first-order valence-electron chi connectivity index (χ1n) is 7.75. The lowest BCUT2D eigenvalue weighted by Gasteiger charge is -2.37. The Morgan fingerprint density at radius 2 is 1.92 bits per heavy atom. The van der Waals surface area contributed by atoms with E-state index in [1.165, 1.54) is 0 Å². The molecule has 1 aliphatic rings. The highest BCUT2D eigenvalue weighted by Gasteiger charge is 2.36. The third kappa shape index (κ3) is 3.13. The average molecular weight is 374 g/mol. The van der Waals surface area contributed by atoms with Crippen LogP contribution in [-0.2, 0) is 0 Å². The van der Waals surface area contributed by atoms with Crippen LogP contribution in [-0.4, -0.2) is 34.0 Å². The zero-order valence-electron chi connectivity index (χ0n) is 13.0. The van der Waals surface area contributed by atoms with Crippen LogP contribution in [0.2, 0.25) is 10.0 Å². The summed E-state index contributed by atoms with van der Waals surface area (Å²) in [6.07, 6.45) is 0. The van der Waals surface area contributed by atoms with E-state index in [2.05, 4.69) is 10.1 Å². The number of rotatable bonds is 3. The Balaban J connectivity index is 1.45. The molecular weight excluding hydrogens is 361 g/mol. The summed E-state index contributed by atoms with van der Waals surface area (Å²) in [5.74, 6) is 0.967. The van der Waals surface area contributed by atoms with Gasteiger partial charge >= 0.3 is 0 Å². The van der Waals surface area contributed by atoms with Gasteiger partial charge in [-0.2, -0.15) is 4.98 Å². The summed E-state index contributed by atoms with van der Waals surface area (Å²) in [5, 5.41) is 5.07. The highest BCUT2D eigenvalue weighted by atomic mass is 35.5. The van der Waals surface area contributed by atoms with Crippen LogP contribution in [0.4, 0.5) is 0 Å². The highest BCUT2D eigenvalue weighted by molar-refractivity contribution is 6.33. The summed E-state index contributed by atoms with van der Waals surface area (Å²) in [5.41, 5.74) is 1.30. The second-order valence-corrected chi connectivity index (χ2v) is 6.70. The minimum atomic E-state index is -0.0866. The van der Waals surface area contributed by atoms with Crippen molar-refractivity contribution in [2.75, 3.05) is 13.1 Å². The predicted molar refractivity (Wildman–Crippen MR) is 94.8 cm³/mol. The SMILES string of the molecule is O=C(c1ccccc1Cl)N1CC(c2nc(-c3cccc(Cl)c3)no2)C1. The Hall–Kier alpha value is -2.37. The van der Waals surface area contributed by atoms with E-state index in [0.717, 1.165) is 5.56 Å². The van der Waals surface area contributed by atoms with Gasteiger partial charge in [0, 0.05) is 23.7 Å². The Labute approximate surface area is 154 Å². The number of aromatic nitrogens is 2. The van der Waals surface area contributed by atoms with Gasteiger partial charge in [0.15, 0.2) is 0 Å². The summed E-state index contributed by atoms with van der Waals surface area (Å²) in [7, 11) is 0. The molecule has 25 heavy (non-hydrogen) atoms. The number of hydrogen-bond donors (Lipinski definition) is 0. The molecule has 0 saturated carbocycles. The summed E-state index contributed by atoms with van der Waals surface area (Å²) >= 11 is 12.1. The number of benzene rings is 2. The van der Waals surface area contributed by atoms with Crippen molar-refractivity contribution in [3.63, 3.8) is 0 Å². The maximum atomic E-state index is 12.4. The van der Waals surface area contributed by atoms with Crippen LogP contribution < -0.4 is 0 Å². The lowest BCUT2D eigenvalue weighted by molar-refractivity contribution is 0.0569. The molecule has 0 spiro atoms. The van der Waals surface area contributed by atoms with E-state index in [0.29, 0.717) is 40.4 Å². The molecule has 4 rings (SSSR count). The number of carbonyl (C=O) groups excluding carboxylic acids is 1. The molecule has 1 aromatic heterocycles. The first kappa shape index (κ1) is 16.1. The molecule has 1 fully saturated rings. The largest absolute Gasteiger partial charge is 0.339 e. The van der Waals surface area contributed by atoms with Gasteiger partial charge in [0.1, 0.15) is 0 Å². The summed E-state index contributed by atoms with van der Waals surface area (Å²) < 4.78 is 5.35. The van der Waals surface area contributed by atoms with Crippen LogP contribution in [0.3, 0.4) is 0 Å². The Bertz CT molecular complexity index is 935. The van der Waals surface area contributed by atoms with Gasteiger partial charge in [-0.1, -0.05) is 52.6 Å². The topological polar surface area (TPSA) is 59.2 Å². The van der Waals surface area contributed by atoms with Gasteiger partial charge < -0.3 is 9.42 Å². The minimum absolute atomic E-state index is 0.0341. The van der Waals surface area contributed by atoms with Crippen LogP contribution in [0.1, 0.15) is 22.2 Å². The molecule has 0 radical (unpaired) electrons. The molecule has 3 aromatic rings. The monoisotopic (exact) mass is 373 g/mol. The molecule has 0 aliphatic carbocycles.